The lowest BCUT2D eigenvalue weighted by molar-refractivity contribution is 0.133. The summed E-state index contributed by atoms with van der Waals surface area (Å²) in [4.78, 5) is 0. The Bertz CT molecular complexity index is 497. The maximum atomic E-state index is 8.97. The number of nitriles is 1. The lowest BCUT2D eigenvalue weighted by Gasteiger charge is -2.30. The lowest BCUT2D eigenvalue weighted by Crippen LogP contribution is -2.42. The van der Waals surface area contributed by atoms with Crippen LogP contribution < -0.4 is 14.8 Å². The molecule has 0 aromatic heterocycles. The summed E-state index contributed by atoms with van der Waals surface area (Å²) in [6.45, 7) is 0. The molecular weight excluding hydrogens is 240 g/mol. The number of nitrogens with one attached hydrogen (secondary N) is 1. The first-order valence-corrected chi connectivity index (χ1v) is 6.79. The van der Waals surface area contributed by atoms with Crippen LogP contribution in [0.1, 0.15) is 31.2 Å². The van der Waals surface area contributed by atoms with Crippen LogP contribution in [0.3, 0.4) is 0 Å². The summed E-state index contributed by atoms with van der Waals surface area (Å²) >= 11 is 0. The molecule has 19 heavy (non-hydrogen) atoms. The first-order chi connectivity index (χ1) is 9.28. The highest BCUT2D eigenvalue weighted by Gasteiger charge is 2.34. The van der Waals surface area contributed by atoms with Crippen LogP contribution in [0.2, 0.25) is 0 Å². The fraction of sp³-hybridized carbons (Fsp3) is 0.533. The van der Waals surface area contributed by atoms with Crippen molar-refractivity contribution in [3.05, 3.63) is 23.8 Å². The predicted octanol–water partition coefficient (Wildman–Crippen LogP) is 2.23. The van der Waals surface area contributed by atoms with E-state index in [0.29, 0.717) is 29.1 Å². The molecule has 0 radical (unpaired) electrons. The van der Waals surface area contributed by atoms with E-state index in [0.717, 1.165) is 12.8 Å². The summed E-state index contributed by atoms with van der Waals surface area (Å²) in [6.07, 6.45) is 4.80. The molecule has 0 spiro atoms. The summed E-state index contributed by atoms with van der Waals surface area (Å²) in [6, 6.07) is 8.63. The van der Waals surface area contributed by atoms with Gasteiger partial charge in [-0.05, 0) is 37.8 Å². The van der Waals surface area contributed by atoms with Crippen molar-refractivity contribution in [2.45, 2.75) is 43.9 Å². The molecule has 1 aromatic carbocycles. The van der Waals surface area contributed by atoms with Gasteiger partial charge < -0.3 is 14.8 Å². The van der Waals surface area contributed by atoms with Gasteiger partial charge in [-0.1, -0.05) is 0 Å². The van der Waals surface area contributed by atoms with E-state index in [1.807, 2.05) is 0 Å². The zero-order valence-electron chi connectivity index (χ0n) is 11.1. The molecule has 2 aliphatic rings. The molecule has 2 atom stereocenters. The van der Waals surface area contributed by atoms with Crippen LogP contribution in [-0.4, -0.2) is 25.3 Å². The molecule has 0 aliphatic carbocycles. The molecule has 2 heterocycles. The van der Waals surface area contributed by atoms with Crippen LogP contribution >= 0.6 is 0 Å². The second kappa shape index (κ2) is 5.10. The van der Waals surface area contributed by atoms with E-state index in [4.69, 9.17) is 14.7 Å². The van der Waals surface area contributed by atoms with Gasteiger partial charge >= 0.3 is 0 Å². The van der Waals surface area contributed by atoms with E-state index in [9.17, 15) is 0 Å². The molecule has 0 saturated carbocycles. The van der Waals surface area contributed by atoms with Gasteiger partial charge in [0.15, 0.2) is 11.5 Å². The van der Waals surface area contributed by atoms with Gasteiger partial charge in [-0.3, -0.25) is 0 Å². The van der Waals surface area contributed by atoms with Crippen LogP contribution in [0.15, 0.2) is 18.2 Å². The topological polar surface area (TPSA) is 54.3 Å². The van der Waals surface area contributed by atoms with Gasteiger partial charge in [0.25, 0.3) is 0 Å². The summed E-state index contributed by atoms with van der Waals surface area (Å²) in [7, 11) is 1.63. The van der Waals surface area contributed by atoms with Crippen LogP contribution in [0.5, 0.6) is 11.5 Å². The molecule has 4 heteroatoms. The highest BCUT2D eigenvalue weighted by Crippen LogP contribution is 2.34. The molecule has 3 rings (SSSR count). The van der Waals surface area contributed by atoms with Gasteiger partial charge in [-0.25, -0.2) is 0 Å². The second-order valence-electron chi connectivity index (χ2n) is 5.33. The van der Waals surface area contributed by atoms with E-state index in [1.54, 1.807) is 25.3 Å². The average molecular weight is 258 g/mol. The van der Waals surface area contributed by atoms with E-state index < -0.39 is 0 Å². The van der Waals surface area contributed by atoms with Crippen LogP contribution in [0.4, 0.5) is 0 Å². The van der Waals surface area contributed by atoms with Gasteiger partial charge in [0.05, 0.1) is 18.7 Å². The Labute approximate surface area is 113 Å². The molecule has 100 valence electrons. The van der Waals surface area contributed by atoms with Crippen molar-refractivity contribution in [3.63, 3.8) is 0 Å². The number of nitrogens with zero attached hydrogens (tertiary/aromatic N) is 1. The van der Waals surface area contributed by atoms with E-state index in [2.05, 4.69) is 11.4 Å². The molecule has 2 saturated heterocycles. The van der Waals surface area contributed by atoms with Crippen LogP contribution in [-0.2, 0) is 0 Å². The molecule has 4 nitrogen and oxygen atoms in total. The molecule has 2 bridgehead atoms. The number of ether oxygens (including phenoxy) is 2. The minimum atomic E-state index is 0.224. The number of rotatable bonds is 3. The third-order valence-corrected chi connectivity index (χ3v) is 4.02. The van der Waals surface area contributed by atoms with E-state index in [1.165, 1.54) is 12.8 Å². The maximum Gasteiger partial charge on any atom is 0.162 e. The third kappa shape index (κ3) is 2.52. The van der Waals surface area contributed by atoms with Gasteiger partial charge in [-0.15, -0.1) is 0 Å². The SMILES string of the molecule is COc1ccc(C#N)cc1OC1CC2CCC(C1)N2. The summed E-state index contributed by atoms with van der Waals surface area (Å²) in [5, 5.41) is 12.6. The minimum absolute atomic E-state index is 0.224. The number of hydrogen-bond acceptors (Lipinski definition) is 4. The number of fused-ring (bicyclic) bond motifs is 2. The van der Waals surface area contributed by atoms with Crippen molar-refractivity contribution in [1.82, 2.24) is 5.32 Å². The normalized spacial score (nSPS) is 28.7. The second-order valence-corrected chi connectivity index (χ2v) is 5.33. The van der Waals surface area contributed by atoms with Crippen molar-refractivity contribution >= 4 is 0 Å². The molecule has 2 fully saturated rings. The quantitative estimate of drug-likeness (QED) is 0.903. The van der Waals surface area contributed by atoms with Crippen molar-refractivity contribution in [2.75, 3.05) is 7.11 Å². The Kier molecular flexibility index (Phi) is 3.31. The smallest absolute Gasteiger partial charge is 0.162 e. The van der Waals surface area contributed by atoms with E-state index in [-0.39, 0.29) is 6.10 Å². The Balaban J connectivity index is 1.77. The first-order valence-electron chi connectivity index (χ1n) is 6.79. The van der Waals surface area contributed by atoms with Crippen LogP contribution in [0.25, 0.3) is 0 Å². The van der Waals surface area contributed by atoms with Gasteiger partial charge in [0.1, 0.15) is 6.10 Å². The zero-order valence-corrected chi connectivity index (χ0v) is 11.1. The summed E-state index contributed by atoms with van der Waals surface area (Å²) in [5.41, 5.74) is 0.604. The third-order valence-electron chi connectivity index (χ3n) is 4.02. The molecule has 2 unspecified atom stereocenters. The Hall–Kier alpha value is -1.73. The fourth-order valence-electron chi connectivity index (χ4n) is 3.12. The number of methoxy groups -OCH3 is 1. The van der Waals surface area contributed by atoms with Crippen molar-refractivity contribution in [1.29, 1.82) is 5.26 Å². The molecule has 0 amide bonds. The predicted molar refractivity (Wildman–Crippen MR) is 71.3 cm³/mol. The van der Waals surface area contributed by atoms with Crippen molar-refractivity contribution in [2.24, 2.45) is 0 Å². The zero-order chi connectivity index (χ0) is 13.2. The Morgan fingerprint density at radius 2 is 1.95 bits per heavy atom. The Morgan fingerprint density at radius 3 is 2.58 bits per heavy atom. The van der Waals surface area contributed by atoms with Crippen LogP contribution in [0, 0.1) is 11.3 Å². The molecule has 2 aliphatic heterocycles. The number of hydrogen-bond donors (Lipinski definition) is 1. The summed E-state index contributed by atoms with van der Waals surface area (Å²) < 4.78 is 11.4. The largest absolute Gasteiger partial charge is 0.493 e. The van der Waals surface area contributed by atoms with Gasteiger partial charge in [-0.2, -0.15) is 5.26 Å². The number of piperidine rings is 1. The molecule has 1 aromatic rings. The van der Waals surface area contributed by atoms with Crippen molar-refractivity contribution < 1.29 is 9.47 Å². The highest BCUT2D eigenvalue weighted by atomic mass is 16.5. The molecular formula is C15H18N2O2. The van der Waals surface area contributed by atoms with Gasteiger partial charge in [0.2, 0.25) is 0 Å². The fourth-order valence-corrected chi connectivity index (χ4v) is 3.12. The maximum absolute atomic E-state index is 8.97. The highest BCUT2D eigenvalue weighted by molar-refractivity contribution is 5.46. The van der Waals surface area contributed by atoms with Gasteiger partial charge in [0, 0.05) is 18.2 Å². The monoisotopic (exact) mass is 258 g/mol. The average Bonchev–Trinajstić information content (AvgIpc) is 2.78. The van der Waals surface area contributed by atoms with E-state index >= 15 is 0 Å². The molecule has 1 N–H and O–H groups in total. The Morgan fingerprint density at radius 1 is 1.21 bits per heavy atom. The van der Waals surface area contributed by atoms with Crippen molar-refractivity contribution in [3.8, 4) is 17.6 Å². The minimum Gasteiger partial charge on any atom is -0.493 e. The number of benzene rings is 1. The lowest BCUT2D eigenvalue weighted by atomic mass is 10.0. The first kappa shape index (κ1) is 12.3. The summed E-state index contributed by atoms with van der Waals surface area (Å²) in [5.74, 6) is 1.39. The standard InChI is InChI=1S/C15H18N2O2/c1-18-14-5-2-10(9-16)6-15(14)19-13-7-11-3-4-12(8-13)17-11/h2,5-6,11-13,17H,3-4,7-8H2,1H3.